The summed E-state index contributed by atoms with van der Waals surface area (Å²) in [7, 11) is 0. The number of aromatic nitrogens is 1. The van der Waals surface area contributed by atoms with E-state index < -0.39 is 0 Å². The number of rotatable bonds is 5. The molecule has 0 radical (unpaired) electrons. The number of carbonyl (C=O) groups excluding carboxylic acids is 1. The van der Waals surface area contributed by atoms with Gasteiger partial charge in [0.05, 0.1) is 23.8 Å². The molecule has 1 aliphatic heterocycles. The second-order valence-electron chi connectivity index (χ2n) is 6.84. The van der Waals surface area contributed by atoms with Gasteiger partial charge >= 0.3 is 0 Å². The zero-order valence-corrected chi connectivity index (χ0v) is 16.1. The predicted molar refractivity (Wildman–Crippen MR) is 108 cm³/mol. The molecular formula is C24H20N2O3. The Balaban J connectivity index is 1.75. The topological polar surface area (TPSA) is 72.2 Å². The van der Waals surface area contributed by atoms with Gasteiger partial charge < -0.3 is 9.47 Å². The highest BCUT2D eigenvalue weighted by molar-refractivity contribution is 6.01. The number of fused-ring (bicyclic) bond motifs is 1. The molecule has 1 aromatic heterocycles. The molecule has 0 fully saturated rings. The average molecular weight is 384 g/mol. The minimum atomic E-state index is -0.382. The van der Waals surface area contributed by atoms with Crippen molar-refractivity contribution in [1.29, 1.82) is 5.26 Å². The molecule has 4 rings (SSSR count). The molecular weight excluding hydrogens is 364 g/mol. The summed E-state index contributed by atoms with van der Waals surface area (Å²) in [4.78, 5) is 16.4. The van der Waals surface area contributed by atoms with Gasteiger partial charge in [-0.2, -0.15) is 5.26 Å². The Bertz CT molecular complexity index is 1050. The monoisotopic (exact) mass is 384 g/mol. The van der Waals surface area contributed by atoms with Crippen molar-refractivity contribution in [1.82, 2.24) is 4.98 Å². The zero-order chi connectivity index (χ0) is 20.2. The third-order valence-electron chi connectivity index (χ3n) is 5.01. The molecule has 144 valence electrons. The van der Waals surface area contributed by atoms with Crippen molar-refractivity contribution in [2.24, 2.45) is 0 Å². The van der Waals surface area contributed by atoms with Crippen molar-refractivity contribution in [3.05, 3.63) is 88.7 Å². The fourth-order valence-corrected chi connectivity index (χ4v) is 3.54. The summed E-state index contributed by atoms with van der Waals surface area (Å²) in [5.41, 5.74) is 4.05. The number of nitrogens with zero attached hydrogens (tertiary/aromatic N) is 2. The average Bonchev–Trinajstić information content (AvgIpc) is 2.77. The number of hydrogen-bond acceptors (Lipinski definition) is 5. The van der Waals surface area contributed by atoms with Crippen molar-refractivity contribution >= 4 is 5.78 Å². The highest BCUT2D eigenvalue weighted by Gasteiger charge is 2.24. The minimum absolute atomic E-state index is 0.118. The quantitative estimate of drug-likeness (QED) is 0.640. The van der Waals surface area contributed by atoms with E-state index in [1.807, 2.05) is 37.3 Å². The lowest BCUT2D eigenvalue weighted by atomic mass is 9.96. The van der Waals surface area contributed by atoms with Gasteiger partial charge in [0, 0.05) is 24.9 Å². The van der Waals surface area contributed by atoms with Gasteiger partial charge in [0.25, 0.3) is 0 Å². The summed E-state index contributed by atoms with van der Waals surface area (Å²) in [6.07, 6.45) is 4.19. The van der Waals surface area contributed by atoms with E-state index >= 15 is 0 Å². The van der Waals surface area contributed by atoms with Crippen LogP contribution in [0.1, 0.15) is 52.1 Å². The van der Waals surface area contributed by atoms with Gasteiger partial charge in [-0.05, 0) is 53.4 Å². The molecule has 2 aromatic carbocycles. The van der Waals surface area contributed by atoms with E-state index in [2.05, 4.69) is 11.1 Å². The maximum Gasteiger partial charge on any atom is 0.170 e. The number of ketones is 1. The first kappa shape index (κ1) is 18.7. The third kappa shape index (κ3) is 3.83. The molecule has 2 heterocycles. The van der Waals surface area contributed by atoms with Crippen LogP contribution in [0.5, 0.6) is 11.5 Å². The fourth-order valence-electron chi connectivity index (χ4n) is 3.54. The molecule has 1 aliphatic rings. The molecule has 0 saturated carbocycles. The molecule has 5 nitrogen and oxygen atoms in total. The van der Waals surface area contributed by atoms with Crippen LogP contribution in [0.25, 0.3) is 0 Å². The summed E-state index contributed by atoms with van der Waals surface area (Å²) in [6, 6.07) is 17.0. The van der Waals surface area contributed by atoms with E-state index in [9.17, 15) is 4.79 Å². The lowest BCUT2D eigenvalue weighted by Gasteiger charge is -2.24. The van der Waals surface area contributed by atoms with E-state index in [1.165, 1.54) is 0 Å². The molecule has 29 heavy (non-hydrogen) atoms. The first-order chi connectivity index (χ1) is 14.2. The number of carbonyl (C=O) groups is 1. The van der Waals surface area contributed by atoms with Crippen molar-refractivity contribution < 1.29 is 14.3 Å². The molecule has 0 unspecified atom stereocenters. The normalized spacial score (nSPS) is 13.7. The number of aryl methyl sites for hydroxylation is 1. The summed E-state index contributed by atoms with van der Waals surface area (Å²) in [5.74, 6) is 1.35. The Morgan fingerprint density at radius 3 is 2.55 bits per heavy atom. The molecule has 5 heteroatoms. The fraction of sp³-hybridized carbons (Fsp3) is 0.208. The maximum atomic E-state index is 12.3. The van der Waals surface area contributed by atoms with Crippen LogP contribution in [0, 0.1) is 11.3 Å². The largest absolute Gasteiger partial charge is 0.492 e. The van der Waals surface area contributed by atoms with Gasteiger partial charge in [0.2, 0.25) is 0 Å². The first-order valence-electron chi connectivity index (χ1n) is 9.59. The van der Waals surface area contributed by atoms with Crippen molar-refractivity contribution in [2.75, 3.05) is 6.61 Å². The standard InChI is InChI=1S/C24H20N2O3/c1-2-17-13-20(14-22-23(17)21(27)9-12-28-22)29-24(19-7-10-26-11-8-19)18-5-3-16(15-25)4-6-18/h3-8,10-11,13-14,24H,2,9,12H2,1H3/t24-/m1/s1. The van der Waals surface area contributed by atoms with Gasteiger partial charge in [-0.25, -0.2) is 0 Å². The molecule has 0 bridgehead atoms. The van der Waals surface area contributed by atoms with Crippen LogP contribution in [0.15, 0.2) is 60.9 Å². The Labute approximate surface area is 169 Å². The lowest BCUT2D eigenvalue weighted by molar-refractivity contribution is 0.0931. The second-order valence-corrected chi connectivity index (χ2v) is 6.84. The van der Waals surface area contributed by atoms with Crippen LogP contribution in [0.3, 0.4) is 0 Å². The number of nitriles is 1. The SMILES string of the molecule is CCc1cc(O[C@@H](c2ccncc2)c2ccc(C#N)cc2)cc2c1C(=O)CCO2. The van der Waals surface area contributed by atoms with Crippen LogP contribution in [-0.2, 0) is 6.42 Å². The Morgan fingerprint density at radius 1 is 1.14 bits per heavy atom. The molecule has 0 saturated heterocycles. The maximum absolute atomic E-state index is 12.3. The van der Waals surface area contributed by atoms with Gasteiger partial charge in [0.15, 0.2) is 5.78 Å². The number of ether oxygens (including phenoxy) is 2. The van der Waals surface area contributed by atoms with E-state index in [0.717, 1.165) is 16.7 Å². The van der Waals surface area contributed by atoms with Gasteiger partial charge in [-0.3, -0.25) is 9.78 Å². The van der Waals surface area contributed by atoms with E-state index in [4.69, 9.17) is 14.7 Å². The number of hydrogen-bond donors (Lipinski definition) is 0. The Kier molecular flexibility index (Phi) is 5.26. The van der Waals surface area contributed by atoms with Gasteiger partial charge in [-0.15, -0.1) is 0 Å². The van der Waals surface area contributed by atoms with Gasteiger partial charge in [-0.1, -0.05) is 19.1 Å². The van der Waals surface area contributed by atoms with E-state index in [-0.39, 0.29) is 11.9 Å². The van der Waals surface area contributed by atoms with Crippen LogP contribution < -0.4 is 9.47 Å². The highest BCUT2D eigenvalue weighted by Crippen LogP contribution is 2.36. The number of pyridine rings is 1. The Morgan fingerprint density at radius 2 is 1.86 bits per heavy atom. The molecule has 3 aromatic rings. The predicted octanol–water partition coefficient (Wildman–Crippen LogP) is 4.65. The molecule has 0 amide bonds. The molecule has 0 N–H and O–H groups in total. The smallest absolute Gasteiger partial charge is 0.170 e. The number of Topliss-reactive ketones (excluding diaryl/α,β-unsaturated/α-hetero) is 1. The van der Waals surface area contributed by atoms with Crippen LogP contribution in [-0.4, -0.2) is 17.4 Å². The van der Waals surface area contributed by atoms with Gasteiger partial charge in [0.1, 0.15) is 17.6 Å². The van der Waals surface area contributed by atoms with Crippen molar-refractivity contribution in [3.8, 4) is 17.6 Å². The lowest BCUT2D eigenvalue weighted by Crippen LogP contribution is -2.18. The zero-order valence-electron chi connectivity index (χ0n) is 16.1. The number of benzene rings is 2. The van der Waals surface area contributed by atoms with Crippen molar-refractivity contribution in [2.45, 2.75) is 25.9 Å². The Hall–Kier alpha value is -3.65. The summed E-state index contributed by atoms with van der Waals surface area (Å²) < 4.78 is 12.2. The summed E-state index contributed by atoms with van der Waals surface area (Å²) in [5, 5.41) is 9.08. The molecule has 0 spiro atoms. The first-order valence-corrected chi connectivity index (χ1v) is 9.59. The molecule has 1 atom stereocenters. The second kappa shape index (κ2) is 8.15. The minimum Gasteiger partial charge on any atom is -0.492 e. The van der Waals surface area contributed by atoms with Crippen LogP contribution in [0.4, 0.5) is 0 Å². The van der Waals surface area contributed by atoms with Crippen LogP contribution >= 0.6 is 0 Å². The summed E-state index contributed by atoms with van der Waals surface area (Å²) >= 11 is 0. The summed E-state index contributed by atoms with van der Waals surface area (Å²) in [6.45, 7) is 2.41. The van der Waals surface area contributed by atoms with E-state index in [1.54, 1.807) is 30.6 Å². The molecule has 0 aliphatic carbocycles. The van der Waals surface area contributed by atoms with Crippen molar-refractivity contribution in [3.63, 3.8) is 0 Å². The van der Waals surface area contributed by atoms with Crippen LogP contribution in [0.2, 0.25) is 0 Å². The third-order valence-corrected chi connectivity index (χ3v) is 5.01. The van der Waals surface area contributed by atoms with E-state index in [0.29, 0.717) is 42.1 Å². The highest BCUT2D eigenvalue weighted by atomic mass is 16.5.